The zero-order valence-corrected chi connectivity index (χ0v) is 26.5. The number of hydrogen-bond donors (Lipinski definition) is 3. The molecule has 10 atom stereocenters. The highest BCUT2D eigenvalue weighted by atomic mass is 32.2. The van der Waals surface area contributed by atoms with Gasteiger partial charge in [-0.2, -0.15) is 8.42 Å². The Balaban J connectivity index is 1.26. The first-order valence-electron chi connectivity index (χ1n) is 16.6. The van der Waals surface area contributed by atoms with Crippen LogP contribution in [0.1, 0.15) is 111 Å². The van der Waals surface area contributed by atoms with E-state index in [0.29, 0.717) is 25.2 Å². The van der Waals surface area contributed by atoms with Crippen LogP contribution in [0.15, 0.2) is 0 Å². The van der Waals surface area contributed by atoms with Crippen LogP contribution in [0, 0.1) is 46.3 Å². The Kier molecular flexibility index (Phi) is 9.17. The lowest BCUT2D eigenvalue weighted by atomic mass is 9.43. The van der Waals surface area contributed by atoms with Crippen LogP contribution in [-0.4, -0.2) is 70.5 Å². The van der Waals surface area contributed by atoms with Crippen molar-refractivity contribution in [3.05, 3.63) is 0 Å². The third kappa shape index (κ3) is 6.04. The molecule has 0 aromatic heterocycles. The van der Waals surface area contributed by atoms with E-state index in [1.54, 1.807) is 4.90 Å². The number of fused-ring (bicyclic) bond motifs is 5. The summed E-state index contributed by atoms with van der Waals surface area (Å²) in [5.41, 5.74) is -0.618. The Labute approximate surface area is 250 Å². The largest absolute Gasteiger partial charge is 0.393 e. The standard InChI is InChI=1S/C32H53F2NO6S/c1-20(9-12-28(38)35(15-16-42(39,40)41)22-7-5-4-6-8-22)23-10-11-24-29-25(13-14-30(23,24)2)31(3)19-32(33,34)27(37)18-21(31)17-26(29)36/h20-27,29,36-37H,4-19H2,1-3H3,(H,39,40,41)/t20-,21-,23-,24?,25?,26?,27-,29?,30-,31+/m1/s1. The number of amides is 1. The molecule has 7 nitrogen and oxygen atoms in total. The van der Waals surface area contributed by atoms with E-state index in [1.165, 1.54) is 0 Å². The molecule has 0 aromatic carbocycles. The van der Waals surface area contributed by atoms with E-state index in [-0.39, 0.29) is 66.3 Å². The van der Waals surface area contributed by atoms with E-state index >= 15 is 0 Å². The maximum Gasteiger partial charge on any atom is 0.274 e. The molecule has 5 aliphatic carbocycles. The minimum atomic E-state index is -4.16. The molecule has 10 heteroatoms. The second-order valence-electron chi connectivity index (χ2n) is 15.4. The van der Waals surface area contributed by atoms with Crippen LogP contribution < -0.4 is 0 Å². The molecule has 0 radical (unpaired) electrons. The monoisotopic (exact) mass is 617 g/mol. The van der Waals surface area contributed by atoms with Crippen molar-refractivity contribution < 1.29 is 36.8 Å². The summed E-state index contributed by atoms with van der Waals surface area (Å²) in [5.74, 6) is -2.79. The Bertz CT molecular complexity index is 1100. The van der Waals surface area contributed by atoms with Crippen LogP contribution in [0.4, 0.5) is 8.78 Å². The lowest BCUT2D eigenvalue weighted by Crippen LogP contribution is -2.62. The first kappa shape index (κ1) is 32.6. The summed E-state index contributed by atoms with van der Waals surface area (Å²) in [6.07, 6.45) is 7.67. The zero-order valence-electron chi connectivity index (χ0n) is 25.7. The molecule has 0 heterocycles. The summed E-state index contributed by atoms with van der Waals surface area (Å²) in [4.78, 5) is 15.2. The van der Waals surface area contributed by atoms with Gasteiger partial charge in [0.25, 0.3) is 16.0 Å². The molecule has 5 rings (SSSR count). The second-order valence-corrected chi connectivity index (χ2v) is 17.0. The number of hydrogen-bond acceptors (Lipinski definition) is 5. The molecule has 3 N–H and O–H groups in total. The Hall–Kier alpha value is -0.840. The van der Waals surface area contributed by atoms with Crippen molar-refractivity contribution in [1.82, 2.24) is 4.90 Å². The fourth-order valence-electron chi connectivity index (χ4n) is 11.0. The van der Waals surface area contributed by atoms with E-state index in [4.69, 9.17) is 0 Å². The number of nitrogens with zero attached hydrogens (tertiary/aromatic N) is 1. The van der Waals surface area contributed by atoms with E-state index in [9.17, 15) is 36.8 Å². The Morgan fingerprint density at radius 3 is 2.31 bits per heavy atom. The quantitative estimate of drug-likeness (QED) is 0.302. The third-order valence-corrected chi connectivity index (χ3v) is 13.9. The number of carbonyl (C=O) groups is 1. The van der Waals surface area contributed by atoms with E-state index < -0.39 is 39.4 Å². The molecule has 1 amide bonds. The van der Waals surface area contributed by atoms with Gasteiger partial charge < -0.3 is 15.1 Å². The number of aliphatic hydroxyl groups excluding tert-OH is 2. The van der Waals surface area contributed by atoms with Crippen LogP contribution in [0.3, 0.4) is 0 Å². The van der Waals surface area contributed by atoms with Gasteiger partial charge in [0.2, 0.25) is 5.91 Å². The minimum Gasteiger partial charge on any atom is -0.393 e. The lowest BCUT2D eigenvalue weighted by Gasteiger charge is -2.63. The van der Waals surface area contributed by atoms with E-state index in [0.717, 1.165) is 57.8 Å². The van der Waals surface area contributed by atoms with Crippen molar-refractivity contribution in [2.75, 3.05) is 12.3 Å². The summed E-state index contributed by atoms with van der Waals surface area (Å²) in [6.45, 7) is 6.55. The smallest absolute Gasteiger partial charge is 0.274 e. The van der Waals surface area contributed by atoms with Crippen molar-refractivity contribution in [3.8, 4) is 0 Å². The van der Waals surface area contributed by atoms with Gasteiger partial charge in [0.1, 0.15) is 6.10 Å². The molecule has 0 aliphatic heterocycles. The normalized spacial score (nSPS) is 42.7. The van der Waals surface area contributed by atoms with Crippen LogP contribution in [0.2, 0.25) is 0 Å². The molecule has 0 spiro atoms. The van der Waals surface area contributed by atoms with Crippen LogP contribution in [0.25, 0.3) is 0 Å². The highest BCUT2D eigenvalue weighted by Gasteiger charge is 2.66. The van der Waals surface area contributed by atoms with Crippen molar-refractivity contribution >= 4 is 16.0 Å². The van der Waals surface area contributed by atoms with E-state index in [2.05, 4.69) is 13.8 Å². The van der Waals surface area contributed by atoms with Gasteiger partial charge in [0.15, 0.2) is 0 Å². The number of aliphatic hydroxyl groups is 2. The van der Waals surface area contributed by atoms with Gasteiger partial charge >= 0.3 is 0 Å². The molecule has 0 saturated heterocycles. The summed E-state index contributed by atoms with van der Waals surface area (Å²) in [5, 5.41) is 21.6. The van der Waals surface area contributed by atoms with Crippen LogP contribution >= 0.6 is 0 Å². The Morgan fingerprint density at radius 1 is 0.976 bits per heavy atom. The van der Waals surface area contributed by atoms with E-state index in [1.807, 2.05) is 6.92 Å². The number of halogens is 2. The van der Waals surface area contributed by atoms with Crippen LogP contribution in [0.5, 0.6) is 0 Å². The molecule has 242 valence electrons. The average molecular weight is 618 g/mol. The lowest BCUT2D eigenvalue weighted by molar-refractivity contribution is -0.236. The summed E-state index contributed by atoms with van der Waals surface area (Å²) in [6, 6.07) is 0.0261. The van der Waals surface area contributed by atoms with Crippen LogP contribution in [-0.2, 0) is 14.9 Å². The molecule has 4 unspecified atom stereocenters. The SMILES string of the molecule is C[C@H](CCC(=O)N(CCS(=O)(=O)O)C1CCCCC1)[C@H]1CCC2C3C(O)C[C@@H]4C[C@@H](O)C(F)(F)C[C@]4(C)C3CC[C@@]21C. The first-order valence-corrected chi connectivity index (χ1v) is 18.2. The third-order valence-electron chi connectivity index (χ3n) is 13.2. The number of alkyl halides is 2. The molecule has 5 aliphatic rings. The van der Waals surface area contributed by atoms with Gasteiger partial charge in [-0.25, -0.2) is 8.78 Å². The van der Waals surface area contributed by atoms with Gasteiger partial charge in [-0.15, -0.1) is 0 Å². The zero-order chi connectivity index (χ0) is 30.7. The van der Waals surface area contributed by atoms with Crippen molar-refractivity contribution in [2.24, 2.45) is 46.3 Å². The number of carbonyl (C=O) groups excluding carboxylic acids is 1. The van der Waals surface area contributed by atoms with Gasteiger partial charge in [-0.3, -0.25) is 9.35 Å². The molecule has 5 fully saturated rings. The summed E-state index contributed by atoms with van der Waals surface area (Å²) < 4.78 is 61.9. The summed E-state index contributed by atoms with van der Waals surface area (Å²) >= 11 is 0. The molecule has 0 aromatic rings. The highest BCUT2D eigenvalue weighted by Crippen LogP contribution is 2.69. The fraction of sp³-hybridized carbons (Fsp3) is 0.969. The van der Waals surface area contributed by atoms with Crippen molar-refractivity contribution in [1.29, 1.82) is 0 Å². The predicted molar refractivity (Wildman–Crippen MR) is 156 cm³/mol. The first-order chi connectivity index (χ1) is 19.6. The van der Waals surface area contributed by atoms with Gasteiger partial charge in [0, 0.05) is 25.4 Å². The topological polar surface area (TPSA) is 115 Å². The van der Waals surface area contributed by atoms with Gasteiger partial charge in [-0.1, -0.05) is 40.0 Å². The Morgan fingerprint density at radius 2 is 1.64 bits per heavy atom. The average Bonchev–Trinajstić information content (AvgIpc) is 3.26. The molecular weight excluding hydrogens is 564 g/mol. The maximum absolute atomic E-state index is 14.8. The minimum absolute atomic E-state index is 0.0166. The fourth-order valence-corrected chi connectivity index (χ4v) is 11.4. The van der Waals surface area contributed by atoms with Gasteiger partial charge in [-0.05, 0) is 104 Å². The molecule has 0 bridgehead atoms. The predicted octanol–water partition coefficient (Wildman–Crippen LogP) is 5.69. The molecule has 5 saturated carbocycles. The highest BCUT2D eigenvalue weighted by molar-refractivity contribution is 7.85. The maximum atomic E-state index is 14.8. The number of rotatable bonds is 8. The molecule has 42 heavy (non-hydrogen) atoms. The summed E-state index contributed by atoms with van der Waals surface area (Å²) in [7, 11) is -4.16. The second kappa shape index (κ2) is 11.8. The van der Waals surface area contributed by atoms with Crippen molar-refractivity contribution in [3.63, 3.8) is 0 Å². The molecular formula is C32H53F2NO6S. The van der Waals surface area contributed by atoms with Crippen molar-refractivity contribution in [2.45, 2.75) is 135 Å². The van der Waals surface area contributed by atoms with Gasteiger partial charge in [0.05, 0.1) is 11.9 Å².